The molecule has 1 atom stereocenters. The summed E-state index contributed by atoms with van der Waals surface area (Å²) in [5.41, 5.74) is 9.04. The number of rotatable bonds is 5. The first-order valence-corrected chi connectivity index (χ1v) is 9.87. The summed E-state index contributed by atoms with van der Waals surface area (Å²) in [6.07, 6.45) is 3.98. The van der Waals surface area contributed by atoms with E-state index in [0.29, 0.717) is 19.1 Å². The van der Waals surface area contributed by atoms with Gasteiger partial charge in [0.25, 0.3) is 0 Å². The second-order valence-electron chi connectivity index (χ2n) is 7.39. The van der Waals surface area contributed by atoms with Gasteiger partial charge in [-0.25, -0.2) is 4.99 Å². The van der Waals surface area contributed by atoms with Gasteiger partial charge in [-0.2, -0.15) is 0 Å². The predicted molar refractivity (Wildman–Crippen MR) is 110 cm³/mol. The van der Waals surface area contributed by atoms with Gasteiger partial charge in [-0.05, 0) is 36.6 Å². The predicted octanol–water partition coefficient (Wildman–Crippen LogP) is 3.35. The van der Waals surface area contributed by atoms with Gasteiger partial charge in [-0.1, -0.05) is 36.8 Å². The highest BCUT2D eigenvalue weighted by molar-refractivity contribution is 5.93. The summed E-state index contributed by atoms with van der Waals surface area (Å²) in [5, 5.41) is 6.30. The summed E-state index contributed by atoms with van der Waals surface area (Å²) in [7, 11) is 0. The second kappa shape index (κ2) is 8.33. The van der Waals surface area contributed by atoms with E-state index >= 15 is 0 Å². The Balaban J connectivity index is 1.36. The number of fused-ring (bicyclic) bond motifs is 1. The molecule has 1 amide bonds. The summed E-state index contributed by atoms with van der Waals surface area (Å²) in [6.45, 7) is 1.11. The van der Waals surface area contributed by atoms with Crippen LogP contribution in [0.3, 0.4) is 0 Å². The Hall–Kier alpha value is -3.02. The molecule has 6 heteroatoms. The number of aliphatic imine (C=N–C) groups is 1. The smallest absolute Gasteiger partial charge is 0.227 e. The van der Waals surface area contributed by atoms with E-state index in [9.17, 15) is 4.79 Å². The zero-order valence-corrected chi connectivity index (χ0v) is 15.9. The van der Waals surface area contributed by atoms with Crippen LogP contribution in [0, 0.1) is 5.92 Å². The van der Waals surface area contributed by atoms with Gasteiger partial charge in [0.15, 0.2) is 5.96 Å². The van der Waals surface area contributed by atoms with E-state index in [1.165, 1.54) is 0 Å². The third-order valence-electron chi connectivity index (χ3n) is 5.38. The van der Waals surface area contributed by atoms with Crippen molar-refractivity contribution in [3.05, 3.63) is 59.7 Å². The number of carbonyl (C=O) groups excluding carboxylic acids is 1. The van der Waals surface area contributed by atoms with Crippen molar-refractivity contribution in [2.75, 3.05) is 11.9 Å². The molecule has 0 spiro atoms. The summed E-state index contributed by atoms with van der Waals surface area (Å²) in [6, 6.07) is 15.9. The number of nitrogens with zero attached hydrogens (tertiary/aromatic N) is 1. The van der Waals surface area contributed by atoms with Crippen molar-refractivity contribution in [2.45, 2.75) is 38.3 Å². The molecular formula is C22H26N4O2. The van der Waals surface area contributed by atoms with Crippen LogP contribution in [0.25, 0.3) is 0 Å². The first-order chi connectivity index (χ1) is 13.7. The highest BCUT2D eigenvalue weighted by Gasteiger charge is 2.25. The van der Waals surface area contributed by atoms with Gasteiger partial charge in [-0.3, -0.25) is 4.79 Å². The quantitative estimate of drug-likeness (QED) is 0.550. The molecule has 146 valence electrons. The minimum absolute atomic E-state index is 0.0989. The zero-order valence-electron chi connectivity index (χ0n) is 15.9. The van der Waals surface area contributed by atoms with Crippen molar-refractivity contribution in [3.8, 4) is 5.75 Å². The Kier molecular flexibility index (Phi) is 5.46. The topological polar surface area (TPSA) is 88.7 Å². The Morgan fingerprint density at radius 2 is 2.00 bits per heavy atom. The molecular weight excluding hydrogens is 352 g/mol. The molecule has 4 rings (SSSR count). The van der Waals surface area contributed by atoms with Crippen LogP contribution >= 0.6 is 0 Å². The summed E-state index contributed by atoms with van der Waals surface area (Å²) in [5.74, 6) is 1.59. The van der Waals surface area contributed by atoms with Crippen molar-refractivity contribution in [3.63, 3.8) is 0 Å². The van der Waals surface area contributed by atoms with E-state index in [-0.39, 0.29) is 17.9 Å². The van der Waals surface area contributed by atoms with Crippen molar-refractivity contribution in [1.29, 1.82) is 0 Å². The number of amides is 1. The van der Waals surface area contributed by atoms with E-state index in [2.05, 4.69) is 15.6 Å². The zero-order chi connectivity index (χ0) is 19.3. The molecule has 1 fully saturated rings. The van der Waals surface area contributed by atoms with Crippen LogP contribution in [0.4, 0.5) is 5.69 Å². The molecule has 2 aromatic rings. The first-order valence-electron chi connectivity index (χ1n) is 9.87. The maximum absolute atomic E-state index is 12.1. The Morgan fingerprint density at radius 1 is 1.14 bits per heavy atom. The SMILES string of the molecule is NC(=NCc1cccc(NC(=O)C2CCC2)c1)NC1CCOc2ccccc21. The van der Waals surface area contributed by atoms with E-state index in [1.807, 2.05) is 48.5 Å². The van der Waals surface area contributed by atoms with Crippen molar-refractivity contribution in [2.24, 2.45) is 16.6 Å². The minimum atomic E-state index is 0.0989. The fourth-order valence-corrected chi connectivity index (χ4v) is 3.55. The Bertz CT molecular complexity index is 876. The number of hydrogen-bond donors (Lipinski definition) is 3. The van der Waals surface area contributed by atoms with Crippen LogP contribution in [0.2, 0.25) is 0 Å². The fourth-order valence-electron chi connectivity index (χ4n) is 3.55. The normalized spacial score (nSPS) is 19.1. The first kappa shape index (κ1) is 18.3. The lowest BCUT2D eigenvalue weighted by Crippen LogP contribution is -2.37. The van der Waals surface area contributed by atoms with Gasteiger partial charge in [-0.15, -0.1) is 0 Å². The molecule has 1 aliphatic carbocycles. The molecule has 1 saturated carbocycles. The number of nitrogens with two attached hydrogens (primary N) is 1. The van der Waals surface area contributed by atoms with Crippen LogP contribution in [0.5, 0.6) is 5.75 Å². The molecule has 1 aliphatic heterocycles. The summed E-state index contributed by atoms with van der Waals surface area (Å²) in [4.78, 5) is 16.6. The van der Waals surface area contributed by atoms with Crippen molar-refractivity contribution in [1.82, 2.24) is 5.32 Å². The van der Waals surface area contributed by atoms with Crippen LogP contribution in [-0.2, 0) is 11.3 Å². The highest BCUT2D eigenvalue weighted by Crippen LogP contribution is 2.31. The molecule has 4 N–H and O–H groups in total. The monoisotopic (exact) mass is 378 g/mol. The number of para-hydroxylation sites is 1. The molecule has 1 unspecified atom stereocenters. The maximum atomic E-state index is 12.1. The molecule has 1 heterocycles. The van der Waals surface area contributed by atoms with Gasteiger partial charge in [0.05, 0.1) is 19.2 Å². The number of ether oxygens (including phenoxy) is 1. The van der Waals surface area contributed by atoms with E-state index < -0.39 is 0 Å². The van der Waals surface area contributed by atoms with Crippen LogP contribution in [-0.4, -0.2) is 18.5 Å². The largest absolute Gasteiger partial charge is 0.493 e. The molecule has 0 aromatic heterocycles. The lowest BCUT2D eigenvalue weighted by molar-refractivity contribution is -0.122. The van der Waals surface area contributed by atoms with Gasteiger partial charge in [0, 0.05) is 23.6 Å². The number of hydrogen-bond acceptors (Lipinski definition) is 3. The number of anilines is 1. The fraction of sp³-hybridized carbons (Fsp3) is 0.364. The van der Waals surface area contributed by atoms with E-state index in [0.717, 1.165) is 48.2 Å². The second-order valence-corrected chi connectivity index (χ2v) is 7.39. The molecule has 6 nitrogen and oxygen atoms in total. The molecule has 0 bridgehead atoms. The number of guanidine groups is 1. The van der Waals surface area contributed by atoms with E-state index in [1.54, 1.807) is 0 Å². The van der Waals surface area contributed by atoms with Gasteiger partial charge in [0.2, 0.25) is 5.91 Å². The Labute approximate surface area is 165 Å². The molecule has 28 heavy (non-hydrogen) atoms. The van der Waals surface area contributed by atoms with Crippen molar-refractivity contribution >= 4 is 17.6 Å². The summed E-state index contributed by atoms with van der Waals surface area (Å²) >= 11 is 0. The third-order valence-corrected chi connectivity index (χ3v) is 5.38. The molecule has 2 aromatic carbocycles. The van der Waals surface area contributed by atoms with Gasteiger partial charge >= 0.3 is 0 Å². The van der Waals surface area contributed by atoms with Gasteiger partial charge in [0.1, 0.15) is 5.75 Å². The average Bonchev–Trinajstić information content (AvgIpc) is 2.66. The van der Waals surface area contributed by atoms with Crippen LogP contribution in [0.1, 0.15) is 42.9 Å². The lowest BCUT2D eigenvalue weighted by Gasteiger charge is -2.26. The lowest BCUT2D eigenvalue weighted by atomic mass is 9.85. The van der Waals surface area contributed by atoms with Crippen molar-refractivity contribution < 1.29 is 9.53 Å². The van der Waals surface area contributed by atoms with Crippen LogP contribution < -0.4 is 21.1 Å². The third kappa shape index (κ3) is 4.27. The average molecular weight is 378 g/mol. The summed E-state index contributed by atoms with van der Waals surface area (Å²) < 4.78 is 5.68. The van der Waals surface area contributed by atoms with E-state index in [4.69, 9.17) is 10.5 Å². The maximum Gasteiger partial charge on any atom is 0.227 e. The highest BCUT2D eigenvalue weighted by atomic mass is 16.5. The number of carbonyl (C=O) groups is 1. The minimum Gasteiger partial charge on any atom is -0.493 e. The van der Waals surface area contributed by atoms with Gasteiger partial charge < -0.3 is 21.1 Å². The molecule has 0 radical (unpaired) electrons. The Morgan fingerprint density at radius 3 is 2.82 bits per heavy atom. The molecule has 2 aliphatic rings. The molecule has 0 saturated heterocycles. The van der Waals surface area contributed by atoms with Crippen LogP contribution in [0.15, 0.2) is 53.5 Å². The number of benzene rings is 2. The number of nitrogens with one attached hydrogen (secondary N) is 2. The standard InChI is InChI=1S/C22H26N4O2/c23-22(26-19-11-12-28-20-10-2-1-9-18(19)20)24-14-15-5-3-8-17(13-15)25-21(27)16-6-4-7-16/h1-3,5,8-10,13,16,19H,4,6-7,11-12,14H2,(H,25,27)(H3,23,24,26).